The normalized spacial score (nSPS) is 16.1. The van der Waals surface area contributed by atoms with E-state index in [1.165, 1.54) is 5.56 Å². The first kappa shape index (κ1) is 19.8. The largest absolute Gasteiger partial charge is 0.454 e. The molecule has 0 bridgehead atoms. The summed E-state index contributed by atoms with van der Waals surface area (Å²) in [4.78, 5) is 14.3. The lowest BCUT2D eigenvalue weighted by Crippen LogP contribution is -2.46. The van der Waals surface area contributed by atoms with Crippen LogP contribution in [0.4, 0.5) is 11.8 Å². The van der Waals surface area contributed by atoms with Crippen LogP contribution in [0.5, 0.6) is 11.5 Å². The van der Waals surface area contributed by atoms with Crippen LogP contribution in [-0.2, 0) is 6.54 Å². The van der Waals surface area contributed by atoms with Crippen molar-refractivity contribution in [1.29, 1.82) is 0 Å². The zero-order valence-electron chi connectivity index (χ0n) is 17.5. The monoisotopic (exact) mass is 421 g/mol. The van der Waals surface area contributed by atoms with Gasteiger partial charge in [-0.2, -0.15) is 4.98 Å². The van der Waals surface area contributed by atoms with Gasteiger partial charge in [0.05, 0.1) is 5.52 Å². The second-order valence-corrected chi connectivity index (χ2v) is 7.84. The number of para-hydroxylation sites is 1. The van der Waals surface area contributed by atoms with Gasteiger partial charge in [-0.05, 0) is 36.2 Å². The van der Waals surface area contributed by atoms with Gasteiger partial charge >= 0.3 is 0 Å². The second kappa shape index (κ2) is 8.95. The highest BCUT2D eigenvalue weighted by Crippen LogP contribution is 2.33. The lowest BCUT2D eigenvalue weighted by Gasteiger charge is -2.35. The summed E-state index contributed by atoms with van der Waals surface area (Å²) in [5, 5.41) is 13.5. The molecular weight excluding hydrogens is 394 g/mol. The zero-order chi connectivity index (χ0) is 21.0. The zero-order valence-corrected chi connectivity index (χ0v) is 17.5. The number of aromatic nitrogens is 2. The van der Waals surface area contributed by atoms with Gasteiger partial charge in [0.1, 0.15) is 5.82 Å². The SMILES string of the molecule is OCCCNc1nc(N2CCN(Cc3ccc4c(c3)OCO4)CC2)nc2ccccc12. The number of benzene rings is 2. The number of hydrogen-bond acceptors (Lipinski definition) is 8. The lowest BCUT2D eigenvalue weighted by molar-refractivity contribution is 0.174. The minimum absolute atomic E-state index is 0.161. The highest BCUT2D eigenvalue weighted by Gasteiger charge is 2.21. The number of aliphatic hydroxyl groups excluding tert-OH is 1. The fraction of sp³-hybridized carbons (Fsp3) is 0.391. The van der Waals surface area contributed by atoms with Crippen molar-refractivity contribution in [3.63, 3.8) is 0 Å². The Morgan fingerprint density at radius 1 is 0.968 bits per heavy atom. The first-order valence-electron chi connectivity index (χ1n) is 10.8. The molecule has 2 aromatic carbocycles. The van der Waals surface area contributed by atoms with Crippen molar-refractivity contribution in [2.45, 2.75) is 13.0 Å². The summed E-state index contributed by atoms with van der Waals surface area (Å²) in [5.74, 6) is 3.25. The maximum Gasteiger partial charge on any atom is 0.231 e. The molecule has 2 aliphatic heterocycles. The molecule has 1 aromatic heterocycles. The predicted octanol–water partition coefficient (Wildman–Crippen LogP) is 2.47. The van der Waals surface area contributed by atoms with Crippen LogP contribution < -0.4 is 19.7 Å². The van der Waals surface area contributed by atoms with Crippen LogP contribution >= 0.6 is 0 Å². The van der Waals surface area contributed by atoms with E-state index in [0.717, 1.165) is 66.9 Å². The number of hydrogen-bond donors (Lipinski definition) is 2. The van der Waals surface area contributed by atoms with Crippen molar-refractivity contribution in [2.24, 2.45) is 0 Å². The van der Waals surface area contributed by atoms with Gasteiger partial charge in [0.15, 0.2) is 11.5 Å². The molecule has 3 heterocycles. The third-order valence-electron chi connectivity index (χ3n) is 5.72. The van der Waals surface area contributed by atoms with Crippen LogP contribution in [0, 0.1) is 0 Å². The van der Waals surface area contributed by atoms with Crippen molar-refractivity contribution in [2.75, 3.05) is 56.3 Å². The Morgan fingerprint density at radius 3 is 2.68 bits per heavy atom. The molecule has 0 unspecified atom stereocenters. The van der Waals surface area contributed by atoms with Crippen molar-refractivity contribution >= 4 is 22.7 Å². The molecule has 1 saturated heterocycles. The molecule has 3 aromatic rings. The van der Waals surface area contributed by atoms with Gasteiger partial charge in [-0.15, -0.1) is 0 Å². The topological polar surface area (TPSA) is 83.0 Å². The van der Waals surface area contributed by atoms with Crippen LogP contribution in [-0.4, -0.2) is 66.1 Å². The summed E-state index contributed by atoms with van der Waals surface area (Å²) in [6, 6.07) is 14.2. The highest BCUT2D eigenvalue weighted by atomic mass is 16.7. The van der Waals surface area contributed by atoms with Gasteiger partial charge in [-0.1, -0.05) is 18.2 Å². The van der Waals surface area contributed by atoms with Crippen molar-refractivity contribution < 1.29 is 14.6 Å². The molecule has 0 saturated carbocycles. The number of aliphatic hydroxyl groups is 1. The van der Waals surface area contributed by atoms with Gasteiger partial charge in [-0.3, -0.25) is 4.90 Å². The highest BCUT2D eigenvalue weighted by molar-refractivity contribution is 5.90. The van der Waals surface area contributed by atoms with Crippen LogP contribution in [0.15, 0.2) is 42.5 Å². The molecule has 1 fully saturated rings. The molecule has 5 rings (SSSR count). The van der Waals surface area contributed by atoms with E-state index in [1.54, 1.807) is 0 Å². The molecule has 0 spiro atoms. The molecule has 8 heteroatoms. The minimum Gasteiger partial charge on any atom is -0.454 e. The van der Waals surface area contributed by atoms with Crippen LogP contribution in [0.2, 0.25) is 0 Å². The van der Waals surface area contributed by atoms with Gasteiger partial charge in [-0.25, -0.2) is 4.98 Å². The van der Waals surface area contributed by atoms with E-state index >= 15 is 0 Å². The number of fused-ring (bicyclic) bond motifs is 2. The predicted molar refractivity (Wildman–Crippen MR) is 120 cm³/mol. The van der Waals surface area contributed by atoms with Gasteiger partial charge in [0, 0.05) is 51.3 Å². The van der Waals surface area contributed by atoms with Crippen molar-refractivity contribution in [3.8, 4) is 11.5 Å². The summed E-state index contributed by atoms with van der Waals surface area (Å²) < 4.78 is 10.9. The lowest BCUT2D eigenvalue weighted by atomic mass is 10.1. The third-order valence-corrected chi connectivity index (χ3v) is 5.72. The quantitative estimate of drug-likeness (QED) is 0.563. The number of piperazine rings is 1. The number of ether oxygens (including phenoxy) is 2. The second-order valence-electron chi connectivity index (χ2n) is 7.84. The number of rotatable bonds is 7. The van der Waals surface area contributed by atoms with E-state index in [1.807, 2.05) is 30.3 Å². The van der Waals surface area contributed by atoms with E-state index in [-0.39, 0.29) is 6.61 Å². The number of nitrogens with one attached hydrogen (secondary N) is 1. The Hall–Kier alpha value is -3.10. The fourth-order valence-electron chi connectivity index (χ4n) is 4.03. The summed E-state index contributed by atoms with van der Waals surface area (Å²) in [7, 11) is 0. The molecule has 162 valence electrons. The molecule has 2 aliphatic rings. The summed E-state index contributed by atoms with van der Waals surface area (Å²) in [6.07, 6.45) is 0.687. The Labute approximate surface area is 181 Å². The van der Waals surface area contributed by atoms with Gasteiger partial charge in [0.25, 0.3) is 0 Å². The van der Waals surface area contributed by atoms with E-state index in [4.69, 9.17) is 24.5 Å². The fourth-order valence-corrected chi connectivity index (χ4v) is 4.03. The van der Waals surface area contributed by atoms with Gasteiger partial charge < -0.3 is 24.8 Å². The van der Waals surface area contributed by atoms with E-state index in [9.17, 15) is 0 Å². The molecule has 0 amide bonds. The number of nitrogens with zero attached hydrogens (tertiary/aromatic N) is 4. The summed E-state index contributed by atoms with van der Waals surface area (Å²) in [5.41, 5.74) is 2.16. The Bertz CT molecular complexity index is 1050. The van der Waals surface area contributed by atoms with E-state index in [2.05, 4.69) is 27.2 Å². The molecule has 0 atom stereocenters. The maximum atomic E-state index is 9.09. The van der Waals surface area contributed by atoms with Crippen LogP contribution in [0.3, 0.4) is 0 Å². The molecule has 31 heavy (non-hydrogen) atoms. The third kappa shape index (κ3) is 4.35. The Morgan fingerprint density at radius 2 is 1.81 bits per heavy atom. The molecule has 8 nitrogen and oxygen atoms in total. The van der Waals surface area contributed by atoms with Gasteiger partial charge in [0.2, 0.25) is 12.7 Å². The van der Waals surface area contributed by atoms with E-state index in [0.29, 0.717) is 19.8 Å². The Kier molecular flexibility index (Phi) is 5.73. The molecule has 0 aliphatic carbocycles. The average Bonchev–Trinajstić information content (AvgIpc) is 3.27. The summed E-state index contributed by atoms with van der Waals surface area (Å²) in [6.45, 7) is 5.67. The Balaban J connectivity index is 1.26. The standard InChI is InChI=1S/C23H27N5O3/c29-13-3-8-24-22-18-4-1-2-5-19(18)25-23(26-22)28-11-9-27(10-12-28)15-17-6-7-20-21(14-17)31-16-30-20/h1-2,4-7,14,29H,3,8-13,15-16H2,(H,24,25,26). The first-order chi connectivity index (χ1) is 15.3. The van der Waals surface area contributed by atoms with Crippen molar-refractivity contribution in [3.05, 3.63) is 48.0 Å². The molecule has 2 N–H and O–H groups in total. The minimum atomic E-state index is 0.161. The van der Waals surface area contributed by atoms with Crippen LogP contribution in [0.25, 0.3) is 10.9 Å². The molecular formula is C23H27N5O3. The maximum absolute atomic E-state index is 9.09. The van der Waals surface area contributed by atoms with Crippen LogP contribution in [0.1, 0.15) is 12.0 Å². The average molecular weight is 422 g/mol. The smallest absolute Gasteiger partial charge is 0.231 e. The first-order valence-corrected chi connectivity index (χ1v) is 10.8. The van der Waals surface area contributed by atoms with E-state index < -0.39 is 0 Å². The summed E-state index contributed by atoms with van der Waals surface area (Å²) >= 11 is 0. The van der Waals surface area contributed by atoms with Crippen molar-refractivity contribution in [1.82, 2.24) is 14.9 Å². The number of anilines is 2. The molecule has 0 radical (unpaired) electrons.